The summed E-state index contributed by atoms with van der Waals surface area (Å²) in [5, 5.41) is 3.38. The van der Waals surface area contributed by atoms with Gasteiger partial charge in [0.15, 0.2) is 0 Å². The highest BCUT2D eigenvalue weighted by Crippen LogP contribution is 2.37. The minimum atomic E-state index is -0.191. The molecular weight excluding hydrogens is 226 g/mol. The molecule has 2 rings (SSSR count). The van der Waals surface area contributed by atoms with Crippen LogP contribution in [0, 0.1) is 0 Å². The summed E-state index contributed by atoms with van der Waals surface area (Å²) in [7, 11) is 3.55. The number of nitrogens with two attached hydrogens (primary N) is 1. The predicted molar refractivity (Wildman–Crippen MR) is 72.0 cm³/mol. The zero-order valence-electron chi connectivity index (χ0n) is 11.2. The summed E-state index contributed by atoms with van der Waals surface area (Å²) in [6, 6.07) is 8.24. The van der Waals surface area contributed by atoms with Crippen LogP contribution in [-0.2, 0) is 4.79 Å². The van der Waals surface area contributed by atoms with Crippen LogP contribution in [0.1, 0.15) is 36.6 Å². The fourth-order valence-electron chi connectivity index (χ4n) is 2.59. The average Bonchev–Trinajstić information content (AvgIpc) is 2.66. The van der Waals surface area contributed by atoms with E-state index in [2.05, 4.69) is 17.4 Å². The second-order valence-electron chi connectivity index (χ2n) is 5.14. The van der Waals surface area contributed by atoms with Gasteiger partial charge in [0, 0.05) is 26.2 Å². The third-order valence-corrected chi connectivity index (χ3v) is 3.52. The van der Waals surface area contributed by atoms with E-state index in [1.165, 1.54) is 11.1 Å². The summed E-state index contributed by atoms with van der Waals surface area (Å²) < 4.78 is 0. The third kappa shape index (κ3) is 2.40. The van der Waals surface area contributed by atoms with Crippen molar-refractivity contribution in [1.82, 2.24) is 10.2 Å². The fourth-order valence-corrected chi connectivity index (χ4v) is 2.59. The Morgan fingerprint density at radius 2 is 2.00 bits per heavy atom. The summed E-state index contributed by atoms with van der Waals surface area (Å²) in [5.74, 6) is 0.0907. The normalized spacial score (nSPS) is 23.6. The average molecular weight is 247 g/mol. The van der Waals surface area contributed by atoms with Gasteiger partial charge in [-0.1, -0.05) is 24.3 Å². The van der Waals surface area contributed by atoms with Crippen molar-refractivity contribution in [2.75, 3.05) is 14.1 Å². The monoisotopic (exact) mass is 247 g/mol. The number of carbonyl (C=O) groups excluding carboxylic acids is 1. The zero-order chi connectivity index (χ0) is 13.3. The molecule has 1 amide bonds. The van der Waals surface area contributed by atoms with Gasteiger partial charge in [-0.05, 0) is 24.5 Å². The van der Waals surface area contributed by atoms with E-state index in [4.69, 9.17) is 5.73 Å². The van der Waals surface area contributed by atoms with Crippen molar-refractivity contribution in [2.45, 2.75) is 31.5 Å². The molecule has 4 heteroatoms. The maximum atomic E-state index is 11.9. The second-order valence-corrected chi connectivity index (χ2v) is 5.14. The molecule has 1 aliphatic carbocycles. The molecule has 1 aliphatic rings. The quantitative estimate of drug-likeness (QED) is 0.843. The lowest BCUT2D eigenvalue weighted by Crippen LogP contribution is -2.42. The maximum Gasteiger partial charge on any atom is 0.238 e. The molecule has 0 heterocycles. The first-order valence-corrected chi connectivity index (χ1v) is 6.32. The van der Waals surface area contributed by atoms with Gasteiger partial charge in [-0.25, -0.2) is 0 Å². The van der Waals surface area contributed by atoms with Crippen molar-refractivity contribution in [2.24, 2.45) is 5.73 Å². The van der Waals surface area contributed by atoms with Gasteiger partial charge in [0.05, 0.1) is 6.04 Å². The minimum absolute atomic E-state index is 0.0698. The third-order valence-electron chi connectivity index (χ3n) is 3.52. The molecule has 0 spiro atoms. The summed E-state index contributed by atoms with van der Waals surface area (Å²) in [6.45, 7) is 1.90. The Morgan fingerprint density at radius 1 is 1.39 bits per heavy atom. The highest BCUT2D eigenvalue weighted by Gasteiger charge is 2.30. The number of amides is 1. The molecular formula is C14H21N3O. The Morgan fingerprint density at radius 3 is 2.61 bits per heavy atom. The second kappa shape index (κ2) is 5.08. The number of hydrogen-bond donors (Lipinski definition) is 2. The van der Waals surface area contributed by atoms with E-state index >= 15 is 0 Å². The summed E-state index contributed by atoms with van der Waals surface area (Å²) in [6.07, 6.45) is 0.852. The van der Waals surface area contributed by atoms with E-state index in [9.17, 15) is 4.79 Å². The van der Waals surface area contributed by atoms with Crippen LogP contribution < -0.4 is 11.1 Å². The van der Waals surface area contributed by atoms with Gasteiger partial charge in [-0.3, -0.25) is 10.1 Å². The molecule has 1 aromatic carbocycles. The lowest BCUT2D eigenvalue weighted by molar-refractivity contribution is -0.130. The topological polar surface area (TPSA) is 58.4 Å². The smallest absolute Gasteiger partial charge is 0.238 e. The van der Waals surface area contributed by atoms with Gasteiger partial charge in [-0.2, -0.15) is 0 Å². The van der Waals surface area contributed by atoms with Crippen molar-refractivity contribution in [3.05, 3.63) is 35.4 Å². The zero-order valence-corrected chi connectivity index (χ0v) is 11.2. The molecule has 0 fully saturated rings. The van der Waals surface area contributed by atoms with Gasteiger partial charge in [0.2, 0.25) is 5.91 Å². The van der Waals surface area contributed by atoms with Crippen LogP contribution in [0.5, 0.6) is 0 Å². The largest absolute Gasteiger partial charge is 0.347 e. The number of carbonyl (C=O) groups is 1. The Hall–Kier alpha value is -1.39. The Balaban J connectivity index is 2.11. The van der Waals surface area contributed by atoms with Crippen molar-refractivity contribution >= 4 is 5.91 Å². The first-order valence-electron chi connectivity index (χ1n) is 6.32. The van der Waals surface area contributed by atoms with Crippen LogP contribution in [-0.4, -0.2) is 30.9 Å². The van der Waals surface area contributed by atoms with Gasteiger partial charge in [0.25, 0.3) is 0 Å². The van der Waals surface area contributed by atoms with Crippen LogP contribution in [0.25, 0.3) is 0 Å². The van der Waals surface area contributed by atoms with Crippen molar-refractivity contribution < 1.29 is 4.79 Å². The molecule has 3 atom stereocenters. The van der Waals surface area contributed by atoms with Crippen molar-refractivity contribution in [3.8, 4) is 0 Å². The first kappa shape index (κ1) is 13.1. The van der Waals surface area contributed by atoms with E-state index < -0.39 is 0 Å². The van der Waals surface area contributed by atoms with Crippen LogP contribution in [0.15, 0.2) is 24.3 Å². The number of likely N-dealkylation sites (N-methyl/N-ethyl adjacent to an activating group) is 1. The highest BCUT2D eigenvalue weighted by molar-refractivity contribution is 5.81. The predicted octanol–water partition coefficient (Wildman–Crippen LogP) is 1.20. The molecule has 3 N–H and O–H groups in total. The number of fused-ring (bicyclic) bond motifs is 1. The molecule has 3 unspecified atom stereocenters. The van der Waals surface area contributed by atoms with Gasteiger partial charge >= 0.3 is 0 Å². The number of nitrogens with one attached hydrogen (secondary N) is 1. The molecule has 1 aromatic rings. The number of hydrogen-bond acceptors (Lipinski definition) is 3. The Labute approximate surface area is 108 Å². The number of rotatable bonds is 3. The van der Waals surface area contributed by atoms with Gasteiger partial charge in [-0.15, -0.1) is 0 Å². The molecule has 98 valence electrons. The number of benzene rings is 1. The van der Waals surface area contributed by atoms with Crippen molar-refractivity contribution in [1.29, 1.82) is 0 Å². The summed E-state index contributed by atoms with van der Waals surface area (Å²) >= 11 is 0. The molecule has 0 aromatic heterocycles. The van der Waals surface area contributed by atoms with E-state index in [0.29, 0.717) is 0 Å². The van der Waals surface area contributed by atoms with E-state index in [-0.39, 0.29) is 24.0 Å². The molecule has 4 nitrogen and oxygen atoms in total. The lowest BCUT2D eigenvalue weighted by Gasteiger charge is -2.22. The van der Waals surface area contributed by atoms with Crippen LogP contribution in [0.4, 0.5) is 0 Å². The molecule has 0 aliphatic heterocycles. The molecule has 0 radical (unpaired) electrons. The lowest BCUT2D eigenvalue weighted by atomic mass is 10.1. The SMILES string of the molecule is CC(NC1CC(N)c2ccccc21)C(=O)N(C)C. The van der Waals surface area contributed by atoms with Crippen LogP contribution in [0.2, 0.25) is 0 Å². The highest BCUT2D eigenvalue weighted by atomic mass is 16.2. The maximum absolute atomic E-state index is 11.9. The van der Waals surface area contributed by atoms with Crippen LogP contribution >= 0.6 is 0 Å². The van der Waals surface area contributed by atoms with Gasteiger partial charge < -0.3 is 10.6 Å². The molecule has 0 saturated heterocycles. The fraction of sp³-hybridized carbons (Fsp3) is 0.500. The molecule has 18 heavy (non-hydrogen) atoms. The summed E-state index contributed by atoms with van der Waals surface area (Å²) in [4.78, 5) is 13.5. The van der Waals surface area contributed by atoms with E-state index in [0.717, 1.165) is 6.42 Å². The summed E-state index contributed by atoms with van der Waals surface area (Å²) in [5.41, 5.74) is 8.53. The molecule has 0 saturated carbocycles. The van der Waals surface area contributed by atoms with Crippen LogP contribution in [0.3, 0.4) is 0 Å². The van der Waals surface area contributed by atoms with Crippen molar-refractivity contribution in [3.63, 3.8) is 0 Å². The minimum Gasteiger partial charge on any atom is -0.347 e. The Kier molecular flexibility index (Phi) is 3.68. The van der Waals surface area contributed by atoms with E-state index in [1.54, 1.807) is 19.0 Å². The Bertz CT molecular complexity index is 444. The number of nitrogens with zero attached hydrogens (tertiary/aromatic N) is 1. The first-order chi connectivity index (χ1) is 8.50. The van der Waals surface area contributed by atoms with E-state index in [1.807, 2.05) is 19.1 Å². The van der Waals surface area contributed by atoms with Gasteiger partial charge in [0.1, 0.15) is 0 Å². The molecule has 0 bridgehead atoms. The standard InChI is InChI=1S/C14H21N3O/c1-9(14(18)17(2)3)16-13-8-12(15)10-6-4-5-7-11(10)13/h4-7,9,12-13,16H,8,15H2,1-3H3.